The van der Waals surface area contributed by atoms with Crippen molar-refractivity contribution in [2.45, 2.75) is 25.2 Å². The minimum Gasteiger partial charge on any atom is -0.479 e. The Morgan fingerprint density at radius 1 is 1.20 bits per heavy atom. The van der Waals surface area contributed by atoms with Crippen molar-refractivity contribution < 1.29 is 18.3 Å². The van der Waals surface area contributed by atoms with Crippen LogP contribution >= 0.6 is 0 Å². The first kappa shape index (κ1) is 23.4. The monoisotopic (exact) mass is 486 g/mol. The van der Waals surface area contributed by atoms with Crippen molar-refractivity contribution in [3.63, 3.8) is 0 Å². The number of halogens is 2. The highest BCUT2D eigenvalue weighted by atomic mass is 19.1. The number of methoxy groups -OCH3 is 2. The molecule has 0 saturated carbocycles. The van der Waals surface area contributed by atoms with Gasteiger partial charge in [-0.2, -0.15) is 4.98 Å². The van der Waals surface area contributed by atoms with Gasteiger partial charge >= 0.3 is 0 Å². The van der Waals surface area contributed by atoms with Crippen LogP contribution in [0.25, 0.3) is 27.7 Å². The molecule has 1 aliphatic heterocycles. The minimum atomic E-state index is -1.05. The van der Waals surface area contributed by atoms with E-state index in [-0.39, 0.29) is 6.54 Å². The average Bonchev–Trinajstić information content (AvgIpc) is 3.48. The lowest BCUT2D eigenvalue weighted by Crippen LogP contribution is -2.48. The molecule has 0 radical (unpaired) electrons. The van der Waals surface area contributed by atoms with Gasteiger partial charge in [-0.15, -0.1) is 10.2 Å². The minimum absolute atomic E-state index is 0.138. The molecule has 4 aromatic rings. The summed E-state index contributed by atoms with van der Waals surface area (Å²) in [5.41, 5.74) is 3.82. The fraction of sp³-hybridized carbons (Fsp3) is 0.478. The smallest absolute Gasteiger partial charge is 0.244 e. The van der Waals surface area contributed by atoms with Gasteiger partial charge in [-0.05, 0) is 30.2 Å². The van der Waals surface area contributed by atoms with Crippen LogP contribution in [0.4, 0.5) is 14.7 Å². The van der Waals surface area contributed by atoms with Crippen LogP contribution in [0.15, 0.2) is 30.5 Å². The molecule has 4 heterocycles. The van der Waals surface area contributed by atoms with Crippen molar-refractivity contribution in [1.82, 2.24) is 34.5 Å². The predicted molar refractivity (Wildman–Crippen MR) is 127 cm³/mol. The summed E-state index contributed by atoms with van der Waals surface area (Å²) in [4.78, 5) is 6.59. The van der Waals surface area contributed by atoms with E-state index in [1.165, 1.54) is 0 Å². The molecule has 0 aliphatic carbocycles. The summed E-state index contributed by atoms with van der Waals surface area (Å²) in [5, 5.41) is 15.8. The third-order valence-electron chi connectivity index (χ3n) is 6.35. The quantitative estimate of drug-likeness (QED) is 0.386. The molecular weight excluding hydrogens is 458 g/mol. The molecule has 35 heavy (non-hydrogen) atoms. The van der Waals surface area contributed by atoms with Gasteiger partial charge < -0.3 is 14.8 Å². The van der Waals surface area contributed by atoms with Crippen molar-refractivity contribution in [2.24, 2.45) is 0 Å². The molecule has 0 unspecified atom stereocenters. The Morgan fingerprint density at radius 3 is 2.86 bits per heavy atom. The van der Waals surface area contributed by atoms with Crippen molar-refractivity contribution in [3.8, 4) is 17.0 Å². The molecule has 0 bridgehead atoms. The van der Waals surface area contributed by atoms with Crippen molar-refractivity contribution in [3.05, 3.63) is 30.5 Å². The summed E-state index contributed by atoms with van der Waals surface area (Å²) >= 11 is 0. The maximum atomic E-state index is 14.8. The third kappa shape index (κ3) is 4.63. The molecule has 1 saturated heterocycles. The normalized spacial score (nSPS) is 19.0. The molecule has 1 fully saturated rings. The third-order valence-corrected chi connectivity index (χ3v) is 6.35. The highest BCUT2D eigenvalue weighted by Crippen LogP contribution is 2.33. The lowest BCUT2D eigenvalue weighted by atomic mass is 10.0. The number of aromatic nitrogens is 6. The van der Waals surface area contributed by atoms with Gasteiger partial charge in [0.15, 0.2) is 0 Å². The molecule has 2 atom stereocenters. The van der Waals surface area contributed by atoms with Crippen LogP contribution in [0.2, 0.25) is 0 Å². The van der Waals surface area contributed by atoms with Crippen molar-refractivity contribution in [1.29, 1.82) is 0 Å². The van der Waals surface area contributed by atoms with E-state index in [2.05, 4.69) is 30.6 Å². The largest absolute Gasteiger partial charge is 0.479 e. The Balaban J connectivity index is 1.42. The number of nitrogens with one attached hydrogen (secondary N) is 1. The number of benzene rings is 1. The number of ether oxygens (including phenoxy) is 2. The van der Waals surface area contributed by atoms with Crippen LogP contribution in [-0.2, 0) is 11.3 Å². The van der Waals surface area contributed by atoms with E-state index in [0.29, 0.717) is 49.0 Å². The number of hydrogen-bond donors (Lipinski definition) is 1. The summed E-state index contributed by atoms with van der Waals surface area (Å²) in [6, 6.07) is 7.20. The topological polar surface area (TPSA) is 94.6 Å². The number of hydrogen-bond acceptors (Lipinski definition) is 8. The molecule has 1 aromatic carbocycles. The first-order chi connectivity index (χ1) is 17.1. The summed E-state index contributed by atoms with van der Waals surface area (Å²) in [7, 11) is 3.19. The van der Waals surface area contributed by atoms with Gasteiger partial charge in [0.25, 0.3) is 0 Å². The SMILES string of the molecule is COCCN1CC[C@@H](Nc2nc(OC)c3c(-c4ccc5nnn(CCF)c5c4)ccn3n2)[C@@H](F)C1. The number of aryl methyl sites for hydroxylation is 1. The Bertz CT molecular complexity index is 1310. The maximum absolute atomic E-state index is 14.8. The highest BCUT2D eigenvalue weighted by molar-refractivity contribution is 5.89. The lowest BCUT2D eigenvalue weighted by Gasteiger charge is -2.34. The summed E-state index contributed by atoms with van der Waals surface area (Å²) in [6.45, 7) is 2.01. The second-order valence-corrected chi connectivity index (χ2v) is 8.52. The summed E-state index contributed by atoms with van der Waals surface area (Å²) in [6.07, 6.45) is 1.38. The van der Waals surface area contributed by atoms with Crippen LogP contribution in [0.1, 0.15) is 6.42 Å². The molecule has 10 nitrogen and oxygen atoms in total. The molecule has 0 amide bonds. The number of rotatable bonds is 9. The summed E-state index contributed by atoms with van der Waals surface area (Å²) in [5.74, 6) is 0.668. The van der Waals surface area contributed by atoms with E-state index in [1.54, 1.807) is 23.4 Å². The molecule has 5 rings (SSSR count). The standard InChI is InChI=1S/C23H28F2N8O2/c1-34-12-11-31-8-6-18(17(25)14-31)26-23-27-22(35-2)21-16(5-9-33(21)29-23)15-3-4-19-20(13-15)32(10-7-24)30-28-19/h3-5,9,13,17-18H,6-8,10-12,14H2,1-2H3,(H,26,29)/t17-,18+/m0/s1. The van der Waals surface area contributed by atoms with Crippen LogP contribution in [0, 0.1) is 0 Å². The lowest BCUT2D eigenvalue weighted by molar-refractivity contribution is 0.0918. The van der Waals surface area contributed by atoms with E-state index in [9.17, 15) is 8.78 Å². The number of piperidine rings is 1. The molecule has 1 N–H and O–H groups in total. The molecule has 12 heteroatoms. The average molecular weight is 487 g/mol. The van der Waals surface area contributed by atoms with Gasteiger partial charge in [0.05, 0.1) is 31.8 Å². The van der Waals surface area contributed by atoms with Crippen LogP contribution < -0.4 is 10.1 Å². The highest BCUT2D eigenvalue weighted by Gasteiger charge is 2.30. The van der Waals surface area contributed by atoms with E-state index in [1.807, 2.05) is 30.5 Å². The van der Waals surface area contributed by atoms with E-state index in [0.717, 1.165) is 23.2 Å². The molecular formula is C23H28F2N8O2. The second-order valence-electron chi connectivity index (χ2n) is 8.52. The number of fused-ring (bicyclic) bond motifs is 2. The first-order valence-electron chi connectivity index (χ1n) is 11.6. The Morgan fingerprint density at radius 2 is 2.09 bits per heavy atom. The Labute approximate surface area is 200 Å². The molecule has 0 spiro atoms. The zero-order chi connectivity index (χ0) is 24.4. The molecule has 3 aromatic heterocycles. The second kappa shape index (κ2) is 10.1. The number of nitrogens with zero attached hydrogens (tertiary/aromatic N) is 7. The van der Waals surface area contributed by atoms with Crippen molar-refractivity contribution in [2.75, 3.05) is 52.5 Å². The van der Waals surface area contributed by atoms with Gasteiger partial charge in [0, 0.05) is 38.5 Å². The molecule has 1 aliphatic rings. The van der Waals surface area contributed by atoms with Gasteiger partial charge in [-0.1, -0.05) is 11.3 Å². The van der Waals surface area contributed by atoms with Gasteiger partial charge in [-0.25, -0.2) is 18.0 Å². The van der Waals surface area contributed by atoms with E-state index in [4.69, 9.17) is 9.47 Å². The van der Waals surface area contributed by atoms with Crippen LogP contribution in [0.5, 0.6) is 5.88 Å². The zero-order valence-electron chi connectivity index (χ0n) is 19.7. The maximum Gasteiger partial charge on any atom is 0.244 e. The van der Waals surface area contributed by atoms with Gasteiger partial charge in [0.1, 0.15) is 23.9 Å². The molecule has 186 valence electrons. The van der Waals surface area contributed by atoms with Crippen LogP contribution in [-0.4, -0.2) is 93.8 Å². The van der Waals surface area contributed by atoms with E-state index < -0.39 is 18.9 Å². The predicted octanol–water partition coefficient (Wildman–Crippen LogP) is 2.59. The Hall–Kier alpha value is -3.38. The summed E-state index contributed by atoms with van der Waals surface area (Å²) < 4.78 is 41.7. The first-order valence-corrected chi connectivity index (χ1v) is 11.6. The fourth-order valence-electron chi connectivity index (χ4n) is 4.53. The van der Waals surface area contributed by atoms with Gasteiger partial charge in [0.2, 0.25) is 11.8 Å². The number of alkyl halides is 2. The Kier molecular flexibility index (Phi) is 6.73. The van der Waals surface area contributed by atoms with E-state index >= 15 is 0 Å². The number of anilines is 1. The van der Waals surface area contributed by atoms with Crippen molar-refractivity contribution >= 4 is 22.5 Å². The zero-order valence-corrected chi connectivity index (χ0v) is 19.7. The van der Waals surface area contributed by atoms with Gasteiger partial charge in [-0.3, -0.25) is 4.90 Å². The number of likely N-dealkylation sites (tertiary alicyclic amines) is 1. The van der Waals surface area contributed by atoms with Crippen LogP contribution in [0.3, 0.4) is 0 Å². The fourth-order valence-corrected chi connectivity index (χ4v) is 4.53.